The lowest BCUT2D eigenvalue weighted by atomic mass is 9.97. The van der Waals surface area contributed by atoms with Gasteiger partial charge in [0.15, 0.2) is 0 Å². The van der Waals surface area contributed by atoms with Gasteiger partial charge in [0.25, 0.3) is 0 Å². The van der Waals surface area contributed by atoms with Crippen LogP contribution in [0.2, 0.25) is 0 Å². The van der Waals surface area contributed by atoms with Crippen molar-refractivity contribution in [1.82, 2.24) is 5.32 Å². The molecule has 0 amide bonds. The number of nitrogens with zero attached hydrogens (tertiary/aromatic N) is 1. The molecule has 0 unspecified atom stereocenters. The average Bonchev–Trinajstić information content (AvgIpc) is 3.13. The SMILES string of the molecule is ON=C1/C(=C/c2ccco2)CNC/C1=C\c1ccco1. The molecule has 0 saturated carbocycles. The lowest BCUT2D eigenvalue weighted by molar-refractivity contribution is 0.319. The number of nitrogens with one attached hydrogen (secondary N) is 1. The molecule has 5 nitrogen and oxygen atoms in total. The first kappa shape index (κ1) is 12.5. The first-order valence-electron chi connectivity index (χ1n) is 6.28. The Labute approximate surface area is 115 Å². The normalized spacial score (nSPS) is 19.7. The van der Waals surface area contributed by atoms with Crippen molar-refractivity contribution in [1.29, 1.82) is 0 Å². The second-order valence-electron chi connectivity index (χ2n) is 4.42. The first-order valence-corrected chi connectivity index (χ1v) is 6.28. The predicted octanol–water partition coefficient (Wildman–Crippen LogP) is 2.77. The van der Waals surface area contributed by atoms with Gasteiger partial charge in [-0.3, -0.25) is 0 Å². The summed E-state index contributed by atoms with van der Waals surface area (Å²) in [4.78, 5) is 0. The van der Waals surface area contributed by atoms with E-state index < -0.39 is 0 Å². The van der Waals surface area contributed by atoms with Crippen LogP contribution in [0.1, 0.15) is 11.5 Å². The minimum Gasteiger partial charge on any atom is -0.465 e. The highest BCUT2D eigenvalue weighted by atomic mass is 16.4. The second kappa shape index (κ2) is 5.63. The Morgan fingerprint density at radius 2 is 1.55 bits per heavy atom. The van der Waals surface area contributed by atoms with Gasteiger partial charge in [0, 0.05) is 13.1 Å². The minimum absolute atomic E-state index is 0.552. The number of rotatable bonds is 2. The molecule has 2 aromatic heterocycles. The Morgan fingerprint density at radius 3 is 1.95 bits per heavy atom. The van der Waals surface area contributed by atoms with Gasteiger partial charge in [-0.05, 0) is 47.6 Å². The number of piperidine rings is 1. The Morgan fingerprint density at radius 1 is 1.00 bits per heavy atom. The summed E-state index contributed by atoms with van der Waals surface area (Å²) in [6.45, 7) is 1.24. The molecule has 1 fully saturated rings. The fourth-order valence-electron chi connectivity index (χ4n) is 2.16. The molecule has 0 aromatic carbocycles. The highest BCUT2D eigenvalue weighted by molar-refractivity contribution is 6.17. The van der Waals surface area contributed by atoms with Gasteiger partial charge in [0.05, 0.1) is 12.5 Å². The van der Waals surface area contributed by atoms with Gasteiger partial charge in [0.1, 0.15) is 17.2 Å². The van der Waals surface area contributed by atoms with Crippen molar-refractivity contribution in [2.75, 3.05) is 13.1 Å². The summed E-state index contributed by atoms with van der Waals surface area (Å²) in [6.07, 6.45) is 6.93. The highest BCUT2D eigenvalue weighted by Crippen LogP contribution is 2.19. The zero-order valence-corrected chi connectivity index (χ0v) is 10.7. The number of hydrogen-bond acceptors (Lipinski definition) is 5. The molecule has 102 valence electrons. The van der Waals surface area contributed by atoms with E-state index in [1.807, 2.05) is 36.4 Å². The molecule has 0 aliphatic carbocycles. The van der Waals surface area contributed by atoms with E-state index in [0.717, 1.165) is 22.7 Å². The van der Waals surface area contributed by atoms with Crippen molar-refractivity contribution in [3.63, 3.8) is 0 Å². The maximum atomic E-state index is 9.31. The molecule has 2 aromatic rings. The quantitative estimate of drug-likeness (QED) is 0.650. The Bertz CT molecular complexity index is 595. The lowest BCUT2D eigenvalue weighted by Gasteiger charge is -2.20. The fourth-order valence-corrected chi connectivity index (χ4v) is 2.16. The van der Waals surface area contributed by atoms with Crippen LogP contribution in [-0.2, 0) is 0 Å². The van der Waals surface area contributed by atoms with Crippen LogP contribution in [0.15, 0.2) is 61.9 Å². The van der Waals surface area contributed by atoms with Crippen molar-refractivity contribution in [3.05, 3.63) is 59.5 Å². The molecule has 0 radical (unpaired) electrons. The second-order valence-corrected chi connectivity index (χ2v) is 4.42. The van der Waals surface area contributed by atoms with E-state index >= 15 is 0 Å². The molecule has 3 rings (SSSR count). The molecule has 0 bridgehead atoms. The molecule has 1 saturated heterocycles. The first-order chi connectivity index (χ1) is 9.86. The Kier molecular flexibility index (Phi) is 3.52. The van der Waals surface area contributed by atoms with Gasteiger partial charge in [-0.25, -0.2) is 0 Å². The van der Waals surface area contributed by atoms with Gasteiger partial charge in [-0.1, -0.05) is 5.16 Å². The van der Waals surface area contributed by atoms with Crippen LogP contribution in [0.25, 0.3) is 12.2 Å². The van der Waals surface area contributed by atoms with Crippen LogP contribution in [-0.4, -0.2) is 24.0 Å². The van der Waals surface area contributed by atoms with Gasteiger partial charge in [-0.2, -0.15) is 0 Å². The van der Waals surface area contributed by atoms with E-state index in [-0.39, 0.29) is 0 Å². The van der Waals surface area contributed by atoms with Crippen LogP contribution in [0, 0.1) is 0 Å². The number of furan rings is 2. The number of oxime groups is 1. The molecule has 0 atom stereocenters. The summed E-state index contributed by atoms with van der Waals surface area (Å²) in [5.41, 5.74) is 2.29. The third kappa shape index (κ3) is 2.57. The molecular weight excluding hydrogens is 256 g/mol. The van der Waals surface area contributed by atoms with E-state index in [0.29, 0.717) is 18.8 Å². The summed E-state index contributed by atoms with van der Waals surface area (Å²) in [6, 6.07) is 7.34. The maximum absolute atomic E-state index is 9.31. The summed E-state index contributed by atoms with van der Waals surface area (Å²) in [5, 5.41) is 16.0. The molecule has 0 spiro atoms. The Balaban J connectivity index is 1.94. The predicted molar refractivity (Wildman–Crippen MR) is 75.5 cm³/mol. The van der Waals surface area contributed by atoms with E-state index in [4.69, 9.17) is 8.83 Å². The van der Waals surface area contributed by atoms with Crippen molar-refractivity contribution >= 4 is 17.9 Å². The molecule has 20 heavy (non-hydrogen) atoms. The van der Waals surface area contributed by atoms with Crippen LogP contribution in [0.3, 0.4) is 0 Å². The third-order valence-electron chi connectivity index (χ3n) is 3.06. The van der Waals surface area contributed by atoms with Crippen LogP contribution in [0.5, 0.6) is 0 Å². The van der Waals surface area contributed by atoms with Crippen molar-refractivity contribution in [2.45, 2.75) is 0 Å². The van der Waals surface area contributed by atoms with Crippen molar-refractivity contribution in [3.8, 4) is 0 Å². The van der Waals surface area contributed by atoms with E-state index in [2.05, 4.69) is 10.5 Å². The molecular formula is C15H14N2O3. The van der Waals surface area contributed by atoms with Crippen LogP contribution in [0.4, 0.5) is 0 Å². The zero-order valence-electron chi connectivity index (χ0n) is 10.7. The van der Waals surface area contributed by atoms with Gasteiger partial charge < -0.3 is 19.4 Å². The summed E-state index contributed by atoms with van der Waals surface area (Å²) >= 11 is 0. The Hall–Kier alpha value is -2.53. The van der Waals surface area contributed by atoms with E-state index in [1.165, 1.54) is 0 Å². The highest BCUT2D eigenvalue weighted by Gasteiger charge is 2.19. The molecule has 3 heterocycles. The van der Waals surface area contributed by atoms with Gasteiger partial charge in [0.2, 0.25) is 0 Å². The molecule has 1 aliphatic heterocycles. The van der Waals surface area contributed by atoms with Crippen molar-refractivity contribution in [2.24, 2.45) is 5.16 Å². The fraction of sp³-hybridized carbons (Fsp3) is 0.133. The molecule has 5 heteroatoms. The monoisotopic (exact) mass is 270 g/mol. The summed E-state index contributed by atoms with van der Waals surface area (Å²) in [7, 11) is 0. The molecule has 1 aliphatic rings. The third-order valence-corrected chi connectivity index (χ3v) is 3.06. The van der Waals surface area contributed by atoms with Crippen LogP contribution < -0.4 is 5.32 Å². The number of hydrogen-bond donors (Lipinski definition) is 2. The maximum Gasteiger partial charge on any atom is 0.127 e. The standard InChI is InChI=1S/C15H14N2O3/c18-17-15-11(7-13-3-1-5-19-13)9-16-10-12(15)8-14-4-2-6-20-14/h1-8,16,18H,9-10H2/b11-7+,12-8+. The van der Waals surface area contributed by atoms with Gasteiger partial charge in [-0.15, -0.1) is 0 Å². The topological polar surface area (TPSA) is 70.9 Å². The van der Waals surface area contributed by atoms with E-state index in [1.54, 1.807) is 12.5 Å². The van der Waals surface area contributed by atoms with Crippen molar-refractivity contribution < 1.29 is 14.0 Å². The lowest BCUT2D eigenvalue weighted by Crippen LogP contribution is -2.33. The zero-order chi connectivity index (χ0) is 13.8. The largest absolute Gasteiger partial charge is 0.465 e. The minimum atomic E-state index is 0.552. The molecule has 2 N–H and O–H groups in total. The van der Waals surface area contributed by atoms with Gasteiger partial charge >= 0.3 is 0 Å². The average molecular weight is 270 g/mol. The smallest absolute Gasteiger partial charge is 0.127 e. The summed E-state index contributed by atoms with van der Waals surface area (Å²) < 4.78 is 10.6. The van der Waals surface area contributed by atoms with Crippen LogP contribution >= 0.6 is 0 Å². The van der Waals surface area contributed by atoms with E-state index in [9.17, 15) is 5.21 Å². The summed E-state index contributed by atoms with van der Waals surface area (Å²) in [5.74, 6) is 1.45.